The number of aromatic nitrogens is 2. The van der Waals surface area contributed by atoms with Crippen LogP contribution >= 0.6 is 11.6 Å². The van der Waals surface area contributed by atoms with Gasteiger partial charge in [-0.25, -0.2) is 13.4 Å². The summed E-state index contributed by atoms with van der Waals surface area (Å²) in [6, 6.07) is 4.38. The first-order chi connectivity index (χ1) is 12.3. The fourth-order valence-electron chi connectivity index (χ4n) is 2.92. The normalized spacial score (nSPS) is 15.9. The van der Waals surface area contributed by atoms with Gasteiger partial charge in [-0.3, -0.25) is 0 Å². The number of hydrogen-bond acceptors (Lipinski definition) is 7. The van der Waals surface area contributed by atoms with Crippen molar-refractivity contribution < 1.29 is 13.2 Å². The summed E-state index contributed by atoms with van der Waals surface area (Å²) in [4.78, 5) is 10.3. The Labute approximate surface area is 158 Å². The van der Waals surface area contributed by atoms with Crippen LogP contribution in [-0.4, -0.2) is 38.6 Å². The molecule has 2 aromatic rings. The maximum Gasteiger partial charge on any atom is 0.227 e. The molecule has 3 rings (SSSR count). The lowest BCUT2D eigenvalue weighted by molar-refractivity contribution is 0.402. The number of halogens is 1. The molecule has 0 radical (unpaired) electrons. The van der Waals surface area contributed by atoms with Crippen molar-refractivity contribution in [1.29, 1.82) is 0 Å². The third-order valence-corrected chi connectivity index (χ3v) is 6.57. The largest absolute Gasteiger partial charge is 0.495 e. The maximum absolute atomic E-state index is 13.0. The van der Waals surface area contributed by atoms with Crippen LogP contribution < -0.4 is 15.4 Å². The molecule has 2 heterocycles. The highest BCUT2D eigenvalue weighted by atomic mass is 35.5. The molecule has 0 atom stereocenters. The van der Waals surface area contributed by atoms with Crippen molar-refractivity contribution in [2.45, 2.75) is 29.6 Å². The topological polar surface area (TPSA) is 98.4 Å². The minimum Gasteiger partial charge on any atom is -0.495 e. The van der Waals surface area contributed by atoms with E-state index in [1.165, 1.54) is 25.4 Å². The summed E-state index contributed by atoms with van der Waals surface area (Å²) in [6.07, 6.45) is 3.34. The predicted molar refractivity (Wildman–Crippen MR) is 101 cm³/mol. The molecule has 9 heteroatoms. The Morgan fingerprint density at radius 2 is 1.96 bits per heavy atom. The van der Waals surface area contributed by atoms with Crippen LogP contribution in [0.15, 0.2) is 34.2 Å². The predicted octanol–water partition coefficient (Wildman–Crippen LogP) is 2.79. The Kier molecular flexibility index (Phi) is 5.24. The molecule has 0 amide bonds. The molecule has 1 fully saturated rings. The van der Waals surface area contributed by atoms with Crippen molar-refractivity contribution in [1.82, 2.24) is 9.97 Å². The zero-order valence-corrected chi connectivity index (χ0v) is 16.2. The minimum atomic E-state index is -3.97. The van der Waals surface area contributed by atoms with E-state index in [1.54, 1.807) is 6.07 Å². The molecule has 0 spiro atoms. The zero-order chi connectivity index (χ0) is 18.9. The van der Waals surface area contributed by atoms with E-state index in [1.807, 2.05) is 4.90 Å². The SMILES string of the molecule is COc1ccc(Cl)cc1S(=O)(=O)c1cnc(N2CCC(C)CC2)nc1N. The molecule has 7 nitrogen and oxygen atoms in total. The molecular formula is C17H21ClN4O3S. The molecule has 0 aliphatic carbocycles. The molecule has 0 unspecified atom stereocenters. The van der Waals surface area contributed by atoms with E-state index in [4.69, 9.17) is 22.1 Å². The van der Waals surface area contributed by atoms with Crippen LogP contribution in [0.1, 0.15) is 19.8 Å². The van der Waals surface area contributed by atoms with Crippen LogP contribution in [0.4, 0.5) is 11.8 Å². The monoisotopic (exact) mass is 396 g/mol. The van der Waals surface area contributed by atoms with Gasteiger partial charge in [0.05, 0.1) is 13.3 Å². The van der Waals surface area contributed by atoms with Gasteiger partial charge >= 0.3 is 0 Å². The molecular weight excluding hydrogens is 376 g/mol. The van der Waals surface area contributed by atoms with Gasteiger partial charge in [0.1, 0.15) is 21.4 Å². The van der Waals surface area contributed by atoms with E-state index in [0.29, 0.717) is 11.9 Å². The lowest BCUT2D eigenvalue weighted by atomic mass is 10.00. The van der Waals surface area contributed by atoms with Crippen LogP contribution in [0.25, 0.3) is 0 Å². The Morgan fingerprint density at radius 1 is 1.27 bits per heavy atom. The molecule has 26 heavy (non-hydrogen) atoms. The average molecular weight is 397 g/mol. The highest BCUT2D eigenvalue weighted by Gasteiger charge is 2.27. The quantitative estimate of drug-likeness (QED) is 0.848. The van der Waals surface area contributed by atoms with Crippen molar-refractivity contribution in [2.75, 3.05) is 30.8 Å². The van der Waals surface area contributed by atoms with E-state index < -0.39 is 9.84 Å². The molecule has 1 aliphatic rings. The second-order valence-electron chi connectivity index (χ2n) is 6.39. The third-order valence-electron chi connectivity index (χ3n) is 4.54. The summed E-state index contributed by atoms with van der Waals surface area (Å²) < 4.78 is 31.2. The fourth-order valence-corrected chi connectivity index (χ4v) is 4.61. The Bertz CT molecular complexity index is 912. The number of rotatable bonds is 4. The number of ether oxygens (including phenoxy) is 1. The van der Waals surface area contributed by atoms with Crippen molar-refractivity contribution in [3.63, 3.8) is 0 Å². The van der Waals surface area contributed by atoms with E-state index in [-0.39, 0.29) is 26.4 Å². The van der Waals surface area contributed by atoms with Crippen molar-refractivity contribution in [3.05, 3.63) is 29.4 Å². The van der Waals surface area contributed by atoms with Crippen molar-refractivity contribution >= 4 is 33.2 Å². The first-order valence-corrected chi connectivity index (χ1v) is 10.1. The number of sulfone groups is 1. The second-order valence-corrected chi connectivity index (χ2v) is 8.71. The van der Waals surface area contributed by atoms with E-state index >= 15 is 0 Å². The maximum atomic E-state index is 13.0. The van der Waals surface area contributed by atoms with E-state index in [0.717, 1.165) is 25.9 Å². The summed E-state index contributed by atoms with van der Waals surface area (Å²) >= 11 is 5.96. The molecule has 0 bridgehead atoms. The summed E-state index contributed by atoms with van der Waals surface area (Å²) in [7, 11) is -2.58. The summed E-state index contributed by atoms with van der Waals surface area (Å²) in [5.74, 6) is 1.21. The van der Waals surface area contributed by atoms with Gasteiger partial charge in [0, 0.05) is 18.1 Å². The van der Waals surface area contributed by atoms with Crippen LogP contribution in [0, 0.1) is 5.92 Å². The number of nitrogen functional groups attached to an aromatic ring is 1. The number of benzene rings is 1. The Balaban J connectivity index is 1.98. The van der Waals surface area contributed by atoms with Crippen LogP contribution in [0.3, 0.4) is 0 Å². The third kappa shape index (κ3) is 3.57. The van der Waals surface area contributed by atoms with Gasteiger partial charge in [-0.15, -0.1) is 0 Å². The number of methoxy groups -OCH3 is 1. The lowest BCUT2D eigenvalue weighted by Crippen LogP contribution is -2.34. The number of hydrogen-bond donors (Lipinski definition) is 1. The number of anilines is 2. The van der Waals surface area contributed by atoms with Crippen molar-refractivity contribution in [3.8, 4) is 5.75 Å². The molecule has 1 saturated heterocycles. The standard InChI is InChI=1S/C17H21ClN4O3S/c1-11-5-7-22(8-6-11)17-20-10-15(16(19)21-17)26(23,24)14-9-12(18)3-4-13(14)25-2/h3-4,9-11H,5-8H2,1-2H3,(H2,19,20,21). The van der Waals surface area contributed by atoms with Gasteiger partial charge in [0.25, 0.3) is 0 Å². The Morgan fingerprint density at radius 3 is 2.58 bits per heavy atom. The van der Waals surface area contributed by atoms with Crippen LogP contribution in [0.5, 0.6) is 5.75 Å². The smallest absolute Gasteiger partial charge is 0.227 e. The number of piperidine rings is 1. The Hall–Kier alpha value is -2.06. The van der Waals surface area contributed by atoms with Crippen LogP contribution in [0.2, 0.25) is 5.02 Å². The molecule has 2 N–H and O–H groups in total. The van der Waals surface area contributed by atoms with Gasteiger partial charge in [0.2, 0.25) is 15.8 Å². The summed E-state index contributed by atoms with van der Waals surface area (Å²) in [5.41, 5.74) is 5.98. The van der Waals surface area contributed by atoms with E-state index in [9.17, 15) is 8.42 Å². The lowest BCUT2D eigenvalue weighted by Gasteiger charge is -2.30. The van der Waals surface area contributed by atoms with Crippen molar-refractivity contribution in [2.24, 2.45) is 5.92 Å². The average Bonchev–Trinajstić information content (AvgIpc) is 2.62. The molecule has 1 aliphatic heterocycles. The minimum absolute atomic E-state index is 0.0673. The molecule has 140 valence electrons. The fraction of sp³-hybridized carbons (Fsp3) is 0.412. The number of nitrogens with zero attached hydrogens (tertiary/aromatic N) is 3. The molecule has 1 aromatic heterocycles. The highest BCUT2D eigenvalue weighted by Crippen LogP contribution is 2.34. The van der Waals surface area contributed by atoms with E-state index in [2.05, 4.69) is 16.9 Å². The van der Waals surface area contributed by atoms with Gasteiger partial charge in [0.15, 0.2) is 0 Å². The zero-order valence-electron chi connectivity index (χ0n) is 14.6. The number of nitrogens with two attached hydrogens (primary N) is 1. The summed E-state index contributed by atoms with van der Waals surface area (Å²) in [5, 5.41) is 0.280. The van der Waals surface area contributed by atoms with Gasteiger partial charge in [-0.05, 0) is 37.0 Å². The van der Waals surface area contributed by atoms with Gasteiger partial charge in [-0.2, -0.15) is 4.98 Å². The second kappa shape index (κ2) is 7.28. The summed E-state index contributed by atoms with van der Waals surface area (Å²) in [6.45, 7) is 3.87. The van der Waals surface area contributed by atoms with Gasteiger partial charge < -0.3 is 15.4 Å². The molecule has 1 aromatic carbocycles. The molecule has 0 saturated carbocycles. The van der Waals surface area contributed by atoms with Gasteiger partial charge in [-0.1, -0.05) is 18.5 Å². The first-order valence-electron chi connectivity index (χ1n) is 8.29. The van der Waals surface area contributed by atoms with Crippen LogP contribution in [-0.2, 0) is 9.84 Å². The first kappa shape index (κ1) is 18.7. The highest BCUT2D eigenvalue weighted by molar-refractivity contribution is 7.91.